The lowest BCUT2D eigenvalue weighted by atomic mass is 10.2. The van der Waals surface area contributed by atoms with Gasteiger partial charge >= 0.3 is 0 Å². The van der Waals surface area contributed by atoms with E-state index in [0.29, 0.717) is 11.2 Å². The highest BCUT2D eigenvalue weighted by atomic mass is 32.2. The predicted octanol–water partition coefficient (Wildman–Crippen LogP) is 1.59. The summed E-state index contributed by atoms with van der Waals surface area (Å²) in [4.78, 5) is 4.34. The highest BCUT2D eigenvalue weighted by Gasteiger charge is 2.14. The Bertz CT molecular complexity index is 176. The summed E-state index contributed by atoms with van der Waals surface area (Å²) in [6, 6.07) is 0. The first-order chi connectivity index (χ1) is 6.83. The molecule has 0 aromatic rings. The first kappa shape index (κ1) is 11.7. The van der Waals surface area contributed by atoms with Crippen LogP contribution in [0.5, 0.6) is 0 Å². The van der Waals surface area contributed by atoms with Gasteiger partial charge in [-0.15, -0.1) is 0 Å². The van der Waals surface area contributed by atoms with Crippen molar-refractivity contribution in [2.24, 2.45) is 10.7 Å². The number of guanidine groups is 1. The summed E-state index contributed by atoms with van der Waals surface area (Å²) in [5, 5.41) is 3.84. The van der Waals surface area contributed by atoms with Crippen molar-refractivity contribution in [2.75, 3.05) is 18.8 Å². The molecule has 82 valence electrons. The van der Waals surface area contributed by atoms with Crippen LogP contribution in [-0.2, 0) is 0 Å². The largest absolute Gasteiger partial charge is 0.370 e. The maximum atomic E-state index is 5.72. The van der Waals surface area contributed by atoms with E-state index < -0.39 is 0 Å². The number of nitrogens with zero attached hydrogens (tertiary/aromatic N) is 1. The van der Waals surface area contributed by atoms with Crippen molar-refractivity contribution in [3.05, 3.63) is 0 Å². The second kappa shape index (κ2) is 6.98. The Morgan fingerprint density at radius 2 is 2.50 bits per heavy atom. The lowest BCUT2D eigenvalue weighted by molar-refractivity contribution is 0.741. The van der Waals surface area contributed by atoms with Crippen LogP contribution in [0.2, 0.25) is 0 Å². The number of unbranched alkanes of at least 4 members (excludes halogenated alkanes) is 1. The predicted molar refractivity (Wildman–Crippen MR) is 64.9 cm³/mol. The maximum absolute atomic E-state index is 5.72. The SMILES string of the molecule is CCCCNC(N)=NCC1CCCS1. The van der Waals surface area contributed by atoms with Crippen LogP contribution < -0.4 is 11.1 Å². The highest BCUT2D eigenvalue weighted by Crippen LogP contribution is 2.25. The van der Waals surface area contributed by atoms with E-state index in [2.05, 4.69) is 17.2 Å². The van der Waals surface area contributed by atoms with Gasteiger partial charge in [-0.25, -0.2) is 0 Å². The molecule has 1 saturated heterocycles. The normalized spacial score (nSPS) is 22.6. The van der Waals surface area contributed by atoms with Crippen LogP contribution in [0.4, 0.5) is 0 Å². The van der Waals surface area contributed by atoms with Crippen LogP contribution in [0.15, 0.2) is 4.99 Å². The lowest BCUT2D eigenvalue weighted by Gasteiger charge is -2.07. The summed E-state index contributed by atoms with van der Waals surface area (Å²) in [5.74, 6) is 1.91. The summed E-state index contributed by atoms with van der Waals surface area (Å²) in [6.07, 6.45) is 5.00. The molecular weight excluding hydrogens is 194 g/mol. The standard InChI is InChI=1S/C10H21N3S/c1-2-3-6-12-10(11)13-8-9-5-4-7-14-9/h9H,2-8H2,1H3,(H3,11,12,13). The Balaban J connectivity index is 2.08. The molecule has 0 radical (unpaired) electrons. The van der Waals surface area contributed by atoms with Crippen LogP contribution >= 0.6 is 11.8 Å². The summed E-state index contributed by atoms with van der Waals surface area (Å²) in [6.45, 7) is 4.00. The van der Waals surface area contributed by atoms with Gasteiger partial charge in [0, 0.05) is 11.8 Å². The third kappa shape index (κ3) is 4.74. The molecule has 3 nitrogen and oxygen atoms in total. The first-order valence-electron chi connectivity index (χ1n) is 5.48. The molecule has 0 amide bonds. The average Bonchev–Trinajstić information content (AvgIpc) is 2.68. The molecule has 0 spiro atoms. The van der Waals surface area contributed by atoms with Crippen LogP contribution in [0, 0.1) is 0 Å². The Hall–Kier alpha value is -0.380. The van der Waals surface area contributed by atoms with Crippen LogP contribution in [-0.4, -0.2) is 30.1 Å². The molecule has 1 aliphatic heterocycles. The van der Waals surface area contributed by atoms with Crippen molar-refractivity contribution in [1.29, 1.82) is 0 Å². The number of rotatable bonds is 5. The molecule has 1 atom stereocenters. The first-order valence-corrected chi connectivity index (χ1v) is 6.53. The van der Waals surface area contributed by atoms with Crippen molar-refractivity contribution < 1.29 is 0 Å². The van der Waals surface area contributed by atoms with E-state index in [1.165, 1.54) is 25.0 Å². The second-order valence-corrected chi connectivity index (χ2v) is 5.05. The van der Waals surface area contributed by atoms with Crippen LogP contribution in [0.25, 0.3) is 0 Å². The van der Waals surface area contributed by atoms with Gasteiger partial charge in [0.1, 0.15) is 0 Å². The molecule has 3 N–H and O–H groups in total. The van der Waals surface area contributed by atoms with Gasteiger partial charge in [-0.05, 0) is 25.0 Å². The van der Waals surface area contributed by atoms with E-state index in [4.69, 9.17) is 5.73 Å². The molecule has 1 heterocycles. The summed E-state index contributed by atoms with van der Waals surface area (Å²) < 4.78 is 0. The summed E-state index contributed by atoms with van der Waals surface area (Å²) in [7, 11) is 0. The van der Waals surface area contributed by atoms with Gasteiger partial charge in [-0.2, -0.15) is 11.8 Å². The van der Waals surface area contributed by atoms with Gasteiger partial charge in [0.15, 0.2) is 5.96 Å². The lowest BCUT2D eigenvalue weighted by Crippen LogP contribution is -2.33. The molecule has 0 saturated carbocycles. The van der Waals surface area contributed by atoms with E-state index in [1.54, 1.807) is 0 Å². The molecule has 0 aliphatic carbocycles. The molecule has 1 fully saturated rings. The zero-order chi connectivity index (χ0) is 10.2. The fraction of sp³-hybridized carbons (Fsp3) is 0.900. The Morgan fingerprint density at radius 1 is 1.64 bits per heavy atom. The average molecular weight is 215 g/mol. The van der Waals surface area contributed by atoms with Crippen molar-refractivity contribution in [3.8, 4) is 0 Å². The van der Waals surface area contributed by atoms with Crippen molar-refractivity contribution >= 4 is 17.7 Å². The molecule has 0 bridgehead atoms. The van der Waals surface area contributed by atoms with Crippen molar-refractivity contribution in [1.82, 2.24) is 5.32 Å². The second-order valence-electron chi connectivity index (χ2n) is 3.64. The number of hydrogen-bond donors (Lipinski definition) is 2. The summed E-state index contributed by atoms with van der Waals surface area (Å²) >= 11 is 2.02. The highest BCUT2D eigenvalue weighted by molar-refractivity contribution is 8.00. The minimum Gasteiger partial charge on any atom is -0.370 e. The third-order valence-corrected chi connectivity index (χ3v) is 3.71. The van der Waals surface area contributed by atoms with Gasteiger partial charge in [0.05, 0.1) is 6.54 Å². The topological polar surface area (TPSA) is 50.4 Å². The molecule has 1 unspecified atom stereocenters. The smallest absolute Gasteiger partial charge is 0.188 e. The molecule has 1 rings (SSSR count). The Morgan fingerprint density at radius 3 is 3.14 bits per heavy atom. The molecule has 0 aromatic heterocycles. The number of aliphatic imine (C=N–C) groups is 1. The van der Waals surface area contributed by atoms with Crippen molar-refractivity contribution in [3.63, 3.8) is 0 Å². The van der Waals surface area contributed by atoms with Gasteiger partial charge in [-0.3, -0.25) is 4.99 Å². The Labute approximate surface area is 90.9 Å². The van der Waals surface area contributed by atoms with E-state index in [9.17, 15) is 0 Å². The van der Waals surface area contributed by atoms with Crippen LogP contribution in [0.1, 0.15) is 32.6 Å². The summed E-state index contributed by atoms with van der Waals surface area (Å²) in [5.41, 5.74) is 5.72. The van der Waals surface area contributed by atoms with E-state index >= 15 is 0 Å². The van der Waals surface area contributed by atoms with Gasteiger partial charge in [-0.1, -0.05) is 13.3 Å². The minimum atomic E-state index is 0.617. The molecular formula is C10H21N3S. The third-order valence-electron chi connectivity index (χ3n) is 2.33. The fourth-order valence-corrected chi connectivity index (χ4v) is 2.62. The molecule has 0 aromatic carbocycles. The minimum absolute atomic E-state index is 0.617. The zero-order valence-electron chi connectivity index (χ0n) is 8.96. The molecule has 4 heteroatoms. The molecule has 14 heavy (non-hydrogen) atoms. The zero-order valence-corrected chi connectivity index (χ0v) is 9.78. The molecule has 1 aliphatic rings. The quantitative estimate of drug-likeness (QED) is 0.416. The van der Waals surface area contributed by atoms with Gasteiger partial charge < -0.3 is 11.1 Å². The van der Waals surface area contributed by atoms with E-state index in [1.807, 2.05) is 11.8 Å². The van der Waals surface area contributed by atoms with Crippen LogP contribution in [0.3, 0.4) is 0 Å². The van der Waals surface area contributed by atoms with E-state index in [0.717, 1.165) is 19.5 Å². The van der Waals surface area contributed by atoms with E-state index in [-0.39, 0.29) is 0 Å². The number of nitrogens with one attached hydrogen (secondary N) is 1. The van der Waals surface area contributed by atoms with Crippen molar-refractivity contribution in [2.45, 2.75) is 37.9 Å². The Kier molecular flexibility index (Phi) is 5.83. The number of thioether (sulfide) groups is 1. The maximum Gasteiger partial charge on any atom is 0.188 e. The fourth-order valence-electron chi connectivity index (χ4n) is 1.44. The monoisotopic (exact) mass is 215 g/mol. The van der Waals surface area contributed by atoms with Gasteiger partial charge in [0.25, 0.3) is 0 Å². The number of hydrogen-bond acceptors (Lipinski definition) is 2. The number of nitrogens with two attached hydrogens (primary N) is 1. The van der Waals surface area contributed by atoms with Gasteiger partial charge in [0.2, 0.25) is 0 Å².